The maximum Gasteiger partial charge on any atom is 0.282 e. The Hall–Kier alpha value is -1.48. The van der Waals surface area contributed by atoms with E-state index < -0.39 is 10.0 Å². The third kappa shape index (κ3) is 4.29. The highest BCUT2D eigenvalue weighted by Crippen LogP contribution is 2.18. The quantitative estimate of drug-likeness (QED) is 0.733. The van der Waals surface area contributed by atoms with E-state index in [2.05, 4.69) is 5.32 Å². The average molecular weight is 342 g/mol. The molecule has 7 nitrogen and oxygen atoms in total. The minimum atomic E-state index is -3.52. The van der Waals surface area contributed by atoms with Gasteiger partial charge in [-0.25, -0.2) is 12.7 Å². The number of anilines is 1. The third-order valence-corrected chi connectivity index (χ3v) is 5.83. The summed E-state index contributed by atoms with van der Waals surface area (Å²) in [4.78, 5) is 13.7. The van der Waals surface area contributed by atoms with Gasteiger partial charge in [0, 0.05) is 19.8 Å². The van der Waals surface area contributed by atoms with Gasteiger partial charge in [-0.1, -0.05) is 6.07 Å². The molecule has 0 spiro atoms. The minimum Gasteiger partial charge on any atom is -0.370 e. The van der Waals surface area contributed by atoms with Gasteiger partial charge < -0.3 is 15.0 Å². The van der Waals surface area contributed by atoms with Crippen LogP contribution in [-0.2, 0) is 19.6 Å². The summed E-state index contributed by atoms with van der Waals surface area (Å²) < 4.78 is 30.7. The first-order valence-electron chi connectivity index (χ1n) is 7.58. The number of amides is 1. The lowest BCUT2D eigenvalue weighted by Gasteiger charge is -2.28. The van der Waals surface area contributed by atoms with Crippen LogP contribution in [0.4, 0.5) is 5.69 Å². The van der Waals surface area contributed by atoms with Crippen molar-refractivity contribution < 1.29 is 22.8 Å². The number of carbonyl (C=O) groups excluding carboxylic acids is 1. The number of nitrogens with one attached hydrogen (secondary N) is 2. The Morgan fingerprint density at radius 1 is 1.30 bits per heavy atom. The largest absolute Gasteiger partial charge is 0.370 e. The van der Waals surface area contributed by atoms with Gasteiger partial charge >= 0.3 is 0 Å². The molecule has 0 unspecified atom stereocenters. The molecule has 0 saturated carbocycles. The van der Waals surface area contributed by atoms with Crippen LogP contribution in [0.5, 0.6) is 0 Å². The van der Waals surface area contributed by atoms with Crippen LogP contribution in [0, 0.1) is 0 Å². The van der Waals surface area contributed by atoms with Crippen LogP contribution in [0.25, 0.3) is 0 Å². The average Bonchev–Trinajstić information content (AvgIpc) is 2.55. The van der Waals surface area contributed by atoms with Gasteiger partial charge in [0.1, 0.15) is 13.1 Å². The topological polar surface area (TPSA) is 80.2 Å². The summed E-state index contributed by atoms with van der Waals surface area (Å²) in [7, 11) is -0.562. The predicted octanol–water partition coefficient (Wildman–Crippen LogP) is -0.821. The van der Waals surface area contributed by atoms with Crippen LogP contribution in [0.2, 0.25) is 0 Å². The Morgan fingerprint density at radius 3 is 2.57 bits per heavy atom. The molecule has 1 aromatic carbocycles. The fourth-order valence-electron chi connectivity index (χ4n) is 2.45. The summed E-state index contributed by atoms with van der Waals surface area (Å²) in [6.07, 6.45) is 0. The lowest BCUT2D eigenvalue weighted by molar-refractivity contribution is -0.921. The molecule has 0 radical (unpaired) electrons. The van der Waals surface area contributed by atoms with Crippen molar-refractivity contribution in [1.29, 1.82) is 0 Å². The number of morpholine rings is 1. The van der Waals surface area contributed by atoms with E-state index >= 15 is 0 Å². The Kier molecular flexibility index (Phi) is 5.74. The highest BCUT2D eigenvalue weighted by atomic mass is 32.2. The van der Waals surface area contributed by atoms with Crippen molar-refractivity contribution in [3.05, 3.63) is 24.3 Å². The Labute approximate surface area is 137 Å². The van der Waals surface area contributed by atoms with Gasteiger partial charge in [0.05, 0.1) is 18.1 Å². The molecule has 1 aliphatic rings. The molecular weight excluding hydrogens is 318 g/mol. The number of benzene rings is 1. The molecule has 1 aromatic rings. The van der Waals surface area contributed by atoms with Crippen molar-refractivity contribution in [3.8, 4) is 0 Å². The summed E-state index contributed by atoms with van der Waals surface area (Å²) in [5.41, 5.74) is 0.484. The zero-order valence-electron chi connectivity index (χ0n) is 13.7. The molecule has 1 atom stereocenters. The Balaban J connectivity index is 2.09. The molecule has 128 valence electrons. The first-order chi connectivity index (χ1) is 10.8. The fourth-order valence-corrected chi connectivity index (χ4v) is 3.40. The maximum absolute atomic E-state index is 12.4. The van der Waals surface area contributed by atoms with E-state index in [0.717, 1.165) is 17.4 Å². The van der Waals surface area contributed by atoms with E-state index in [0.29, 0.717) is 18.9 Å². The molecule has 0 bridgehead atoms. The second-order valence-corrected chi connectivity index (χ2v) is 7.95. The van der Waals surface area contributed by atoms with Crippen molar-refractivity contribution in [2.45, 2.75) is 17.9 Å². The molecule has 8 heteroatoms. The first kappa shape index (κ1) is 17.9. The van der Waals surface area contributed by atoms with Gasteiger partial charge in [-0.05, 0) is 25.1 Å². The molecule has 1 heterocycles. The van der Waals surface area contributed by atoms with Crippen LogP contribution in [0.15, 0.2) is 29.2 Å². The lowest BCUT2D eigenvalue weighted by Crippen LogP contribution is -3.18. The number of carbonyl (C=O) groups is 1. The van der Waals surface area contributed by atoms with Crippen LogP contribution < -0.4 is 10.2 Å². The van der Waals surface area contributed by atoms with Gasteiger partial charge in [-0.3, -0.25) is 4.79 Å². The second-order valence-electron chi connectivity index (χ2n) is 5.80. The Bertz CT molecular complexity index is 654. The fraction of sp³-hybridized carbons (Fsp3) is 0.533. The molecule has 1 aliphatic heterocycles. The number of ether oxygens (including phenoxy) is 1. The first-order valence-corrected chi connectivity index (χ1v) is 9.02. The van der Waals surface area contributed by atoms with Gasteiger partial charge in [-0.15, -0.1) is 0 Å². The van der Waals surface area contributed by atoms with Crippen molar-refractivity contribution in [2.75, 3.05) is 45.7 Å². The maximum atomic E-state index is 12.4. The van der Waals surface area contributed by atoms with Gasteiger partial charge in [-0.2, -0.15) is 0 Å². The summed E-state index contributed by atoms with van der Waals surface area (Å²) >= 11 is 0. The number of rotatable bonds is 5. The molecule has 0 aliphatic carbocycles. The van der Waals surface area contributed by atoms with E-state index in [-0.39, 0.29) is 16.8 Å². The highest BCUT2D eigenvalue weighted by Gasteiger charge is 2.27. The highest BCUT2D eigenvalue weighted by molar-refractivity contribution is 7.89. The molecule has 2 N–H and O–H groups in total. The number of hydrogen-bond acceptors (Lipinski definition) is 4. The lowest BCUT2D eigenvalue weighted by atomic mass is 10.2. The number of sulfonamides is 1. The number of hydrogen-bond donors (Lipinski definition) is 2. The molecule has 1 amide bonds. The van der Waals surface area contributed by atoms with Crippen LogP contribution in [0.3, 0.4) is 0 Å². The van der Waals surface area contributed by atoms with E-state index in [1.807, 2.05) is 6.92 Å². The summed E-state index contributed by atoms with van der Waals surface area (Å²) in [5, 5.41) is 2.81. The molecule has 0 aromatic heterocycles. The van der Waals surface area contributed by atoms with Gasteiger partial charge in [0.2, 0.25) is 10.0 Å². The van der Waals surface area contributed by atoms with Crippen LogP contribution in [0.1, 0.15) is 6.92 Å². The van der Waals surface area contributed by atoms with E-state index in [1.54, 1.807) is 12.1 Å². The smallest absolute Gasteiger partial charge is 0.282 e. The molecule has 23 heavy (non-hydrogen) atoms. The molecule has 1 saturated heterocycles. The SMILES string of the molecule is C[C@@H](C(=O)Nc1cccc(S(=O)(=O)N(C)C)c1)[NH+]1CCOCC1. The van der Waals surface area contributed by atoms with E-state index in [1.165, 1.54) is 31.1 Å². The van der Waals surface area contributed by atoms with Crippen LogP contribution in [-0.4, -0.2) is 65.1 Å². The summed E-state index contributed by atoms with van der Waals surface area (Å²) in [6, 6.07) is 6.09. The normalized spacial score (nSPS) is 17.9. The third-order valence-electron chi connectivity index (χ3n) is 4.02. The number of quaternary nitrogens is 1. The van der Waals surface area contributed by atoms with Gasteiger partial charge in [0.25, 0.3) is 5.91 Å². The molecule has 1 fully saturated rings. The zero-order valence-corrected chi connectivity index (χ0v) is 14.5. The standard InChI is InChI=1S/C15H23N3O4S/c1-12(18-7-9-22-10-8-18)15(19)16-13-5-4-6-14(11-13)23(20,21)17(2)3/h4-6,11-12H,7-10H2,1-3H3,(H,16,19)/p+1/t12-/m0/s1. The zero-order chi connectivity index (χ0) is 17.0. The number of nitrogens with zero attached hydrogens (tertiary/aromatic N) is 1. The summed E-state index contributed by atoms with van der Waals surface area (Å²) in [5.74, 6) is -0.124. The van der Waals surface area contributed by atoms with E-state index in [4.69, 9.17) is 4.74 Å². The molecule has 2 rings (SSSR count). The minimum absolute atomic E-state index is 0.124. The van der Waals surface area contributed by atoms with Crippen molar-refractivity contribution >= 4 is 21.6 Å². The predicted molar refractivity (Wildman–Crippen MR) is 86.9 cm³/mol. The van der Waals surface area contributed by atoms with E-state index in [9.17, 15) is 13.2 Å². The molecular formula is C15H24N3O4S+. The van der Waals surface area contributed by atoms with Crippen molar-refractivity contribution in [2.24, 2.45) is 0 Å². The van der Waals surface area contributed by atoms with Crippen molar-refractivity contribution in [3.63, 3.8) is 0 Å². The second kappa shape index (κ2) is 7.39. The monoisotopic (exact) mass is 342 g/mol. The van der Waals surface area contributed by atoms with Gasteiger partial charge in [0.15, 0.2) is 6.04 Å². The Morgan fingerprint density at radius 2 is 1.96 bits per heavy atom. The summed E-state index contributed by atoms with van der Waals surface area (Å²) in [6.45, 7) is 4.77. The van der Waals surface area contributed by atoms with Crippen molar-refractivity contribution in [1.82, 2.24) is 4.31 Å². The van der Waals surface area contributed by atoms with Crippen LogP contribution >= 0.6 is 0 Å².